The van der Waals surface area contributed by atoms with Gasteiger partial charge < -0.3 is 14.8 Å². The van der Waals surface area contributed by atoms with Crippen LogP contribution in [0.15, 0.2) is 48.5 Å². The number of benzene rings is 2. The molecular formula is C21H28N2O3. The number of carbonyl (C=O) groups is 1. The molecule has 0 spiro atoms. The third kappa shape index (κ3) is 5.77. The first-order valence-electron chi connectivity index (χ1n) is 8.99. The van der Waals surface area contributed by atoms with Gasteiger partial charge in [0.1, 0.15) is 0 Å². The maximum Gasteiger partial charge on any atom is 0.258 e. The molecule has 0 bridgehead atoms. The minimum atomic E-state index is -0.159. The van der Waals surface area contributed by atoms with Crippen LogP contribution in [0.25, 0.3) is 0 Å². The third-order valence-corrected chi connectivity index (χ3v) is 4.31. The summed E-state index contributed by atoms with van der Waals surface area (Å²) in [6.07, 6.45) is 0. The monoisotopic (exact) mass is 356 g/mol. The quantitative estimate of drug-likeness (QED) is 0.710. The predicted octanol–water partition coefficient (Wildman–Crippen LogP) is 3.23. The maximum atomic E-state index is 12.1. The van der Waals surface area contributed by atoms with Crippen LogP contribution in [0.1, 0.15) is 25.0 Å². The third-order valence-electron chi connectivity index (χ3n) is 4.31. The van der Waals surface area contributed by atoms with E-state index in [9.17, 15) is 4.79 Å². The summed E-state index contributed by atoms with van der Waals surface area (Å²) in [5.74, 6) is 1.02. The topological polar surface area (TPSA) is 50.8 Å². The van der Waals surface area contributed by atoms with Gasteiger partial charge in [-0.15, -0.1) is 0 Å². The van der Waals surface area contributed by atoms with E-state index in [1.54, 1.807) is 19.2 Å². The number of ether oxygens (including phenoxy) is 2. The number of methoxy groups -OCH3 is 1. The van der Waals surface area contributed by atoms with Crippen LogP contribution in [0.3, 0.4) is 0 Å². The number of hydrogen-bond acceptors (Lipinski definition) is 4. The van der Waals surface area contributed by atoms with Crippen molar-refractivity contribution in [3.8, 4) is 11.5 Å². The Labute approximate surface area is 155 Å². The van der Waals surface area contributed by atoms with Gasteiger partial charge in [-0.25, -0.2) is 0 Å². The Morgan fingerprint density at radius 1 is 0.962 bits per heavy atom. The number of rotatable bonds is 10. The lowest BCUT2D eigenvalue weighted by Crippen LogP contribution is -2.29. The van der Waals surface area contributed by atoms with E-state index >= 15 is 0 Å². The average Bonchev–Trinajstić information content (AvgIpc) is 2.69. The summed E-state index contributed by atoms with van der Waals surface area (Å²) in [5, 5.41) is 2.93. The summed E-state index contributed by atoms with van der Waals surface area (Å²) in [6, 6.07) is 15.5. The Hall–Kier alpha value is -2.53. The number of nitrogens with one attached hydrogen (secondary N) is 1. The van der Waals surface area contributed by atoms with Gasteiger partial charge in [-0.1, -0.05) is 50.2 Å². The second-order valence-corrected chi connectivity index (χ2v) is 5.95. The number of carbonyl (C=O) groups excluding carboxylic acids is 1. The van der Waals surface area contributed by atoms with E-state index in [2.05, 4.69) is 36.2 Å². The molecule has 0 aromatic heterocycles. The zero-order valence-corrected chi connectivity index (χ0v) is 15.8. The summed E-state index contributed by atoms with van der Waals surface area (Å²) < 4.78 is 10.8. The van der Waals surface area contributed by atoms with Crippen LogP contribution >= 0.6 is 0 Å². The van der Waals surface area contributed by atoms with E-state index in [1.807, 2.05) is 24.3 Å². The fraction of sp³-hybridized carbons (Fsp3) is 0.381. The molecule has 1 N–H and O–H groups in total. The minimum Gasteiger partial charge on any atom is -0.493 e. The molecule has 0 aliphatic carbocycles. The van der Waals surface area contributed by atoms with E-state index in [0.29, 0.717) is 18.0 Å². The van der Waals surface area contributed by atoms with Crippen molar-refractivity contribution in [1.29, 1.82) is 0 Å². The largest absolute Gasteiger partial charge is 0.493 e. The molecule has 0 fully saturated rings. The van der Waals surface area contributed by atoms with E-state index in [0.717, 1.165) is 25.2 Å². The first-order chi connectivity index (χ1) is 12.7. The molecule has 0 saturated carbocycles. The molecule has 0 aliphatic heterocycles. The molecule has 0 heterocycles. The lowest BCUT2D eigenvalue weighted by Gasteiger charge is -2.20. The van der Waals surface area contributed by atoms with E-state index in [4.69, 9.17) is 9.47 Å². The van der Waals surface area contributed by atoms with Gasteiger partial charge in [0.05, 0.1) is 7.11 Å². The van der Waals surface area contributed by atoms with Crippen LogP contribution in [-0.2, 0) is 17.9 Å². The van der Waals surface area contributed by atoms with Gasteiger partial charge in [0.2, 0.25) is 0 Å². The number of hydrogen-bond donors (Lipinski definition) is 1. The number of amides is 1. The first-order valence-corrected chi connectivity index (χ1v) is 8.99. The summed E-state index contributed by atoms with van der Waals surface area (Å²) in [4.78, 5) is 14.5. The van der Waals surface area contributed by atoms with Gasteiger partial charge in [0.25, 0.3) is 5.91 Å². The van der Waals surface area contributed by atoms with Crippen molar-refractivity contribution in [2.45, 2.75) is 26.9 Å². The molecule has 5 heteroatoms. The zero-order chi connectivity index (χ0) is 18.8. The van der Waals surface area contributed by atoms with Crippen molar-refractivity contribution in [3.05, 3.63) is 59.7 Å². The SMILES string of the molecule is CCN(CC)Cc1ccccc1CNC(=O)COc1ccccc1OC. The van der Waals surface area contributed by atoms with Crippen molar-refractivity contribution in [2.24, 2.45) is 0 Å². The molecule has 2 rings (SSSR count). The molecule has 26 heavy (non-hydrogen) atoms. The Morgan fingerprint density at radius 2 is 1.58 bits per heavy atom. The molecule has 0 unspecified atom stereocenters. The summed E-state index contributed by atoms with van der Waals surface area (Å²) >= 11 is 0. The summed E-state index contributed by atoms with van der Waals surface area (Å²) in [6.45, 7) is 7.65. The van der Waals surface area contributed by atoms with Crippen molar-refractivity contribution in [3.63, 3.8) is 0 Å². The Morgan fingerprint density at radius 3 is 2.23 bits per heavy atom. The first kappa shape index (κ1) is 19.8. The lowest BCUT2D eigenvalue weighted by atomic mass is 10.1. The Kier molecular flexibility index (Phi) is 7.96. The fourth-order valence-electron chi connectivity index (χ4n) is 2.70. The van der Waals surface area contributed by atoms with Gasteiger partial charge in [0, 0.05) is 13.1 Å². The smallest absolute Gasteiger partial charge is 0.258 e. The molecule has 0 radical (unpaired) electrons. The molecule has 0 saturated heterocycles. The lowest BCUT2D eigenvalue weighted by molar-refractivity contribution is -0.123. The van der Waals surface area contributed by atoms with Gasteiger partial charge >= 0.3 is 0 Å². The van der Waals surface area contributed by atoms with Gasteiger partial charge in [-0.2, -0.15) is 0 Å². The minimum absolute atomic E-state index is 0.0431. The Bertz CT molecular complexity index is 699. The molecule has 2 aromatic rings. The van der Waals surface area contributed by atoms with Crippen LogP contribution in [0, 0.1) is 0 Å². The fourth-order valence-corrected chi connectivity index (χ4v) is 2.70. The van der Waals surface area contributed by atoms with Gasteiger partial charge in [-0.3, -0.25) is 9.69 Å². The van der Waals surface area contributed by atoms with Crippen LogP contribution < -0.4 is 14.8 Å². The van der Waals surface area contributed by atoms with E-state index in [1.165, 1.54) is 5.56 Å². The van der Waals surface area contributed by atoms with E-state index in [-0.39, 0.29) is 12.5 Å². The highest BCUT2D eigenvalue weighted by Crippen LogP contribution is 2.25. The van der Waals surface area contributed by atoms with Crippen molar-refractivity contribution in [1.82, 2.24) is 10.2 Å². The van der Waals surface area contributed by atoms with Crippen molar-refractivity contribution in [2.75, 3.05) is 26.8 Å². The molecule has 5 nitrogen and oxygen atoms in total. The van der Waals surface area contributed by atoms with Crippen LogP contribution in [0.4, 0.5) is 0 Å². The van der Waals surface area contributed by atoms with Crippen molar-refractivity contribution < 1.29 is 14.3 Å². The molecule has 2 aromatic carbocycles. The Balaban J connectivity index is 1.89. The van der Waals surface area contributed by atoms with Gasteiger partial charge in [-0.05, 0) is 36.3 Å². The number of para-hydroxylation sites is 2. The van der Waals surface area contributed by atoms with E-state index < -0.39 is 0 Å². The highest BCUT2D eigenvalue weighted by Gasteiger charge is 2.09. The van der Waals surface area contributed by atoms with Gasteiger partial charge in [0.15, 0.2) is 18.1 Å². The molecule has 0 aliphatic rings. The highest BCUT2D eigenvalue weighted by molar-refractivity contribution is 5.77. The highest BCUT2D eigenvalue weighted by atomic mass is 16.5. The second kappa shape index (κ2) is 10.5. The predicted molar refractivity (Wildman–Crippen MR) is 103 cm³/mol. The van der Waals surface area contributed by atoms with Crippen LogP contribution in [-0.4, -0.2) is 37.6 Å². The van der Waals surface area contributed by atoms with Crippen LogP contribution in [0.2, 0.25) is 0 Å². The summed E-state index contributed by atoms with van der Waals surface area (Å²) in [7, 11) is 1.58. The molecule has 1 amide bonds. The number of nitrogens with zero attached hydrogens (tertiary/aromatic N) is 1. The molecular weight excluding hydrogens is 328 g/mol. The average molecular weight is 356 g/mol. The normalized spacial score (nSPS) is 10.6. The second-order valence-electron chi connectivity index (χ2n) is 5.95. The summed E-state index contributed by atoms with van der Waals surface area (Å²) in [5.41, 5.74) is 2.37. The molecule has 140 valence electrons. The maximum absolute atomic E-state index is 12.1. The van der Waals surface area contributed by atoms with Crippen LogP contribution in [0.5, 0.6) is 11.5 Å². The zero-order valence-electron chi connectivity index (χ0n) is 15.8. The standard InChI is InChI=1S/C21H28N2O3/c1-4-23(5-2)15-18-11-7-6-10-17(18)14-22-21(24)16-26-20-13-9-8-12-19(20)25-3/h6-13H,4-5,14-16H2,1-3H3,(H,22,24). The molecule has 0 atom stereocenters. The van der Waals surface area contributed by atoms with Crippen molar-refractivity contribution >= 4 is 5.91 Å².